The molecule has 4 N–H and O–H groups in total. The predicted molar refractivity (Wildman–Crippen MR) is 191 cm³/mol. The highest BCUT2D eigenvalue weighted by atomic mass is 16.5. The zero-order valence-corrected chi connectivity index (χ0v) is 29.7. The quantitative estimate of drug-likeness (QED) is 0.264. The third-order valence-electron chi connectivity index (χ3n) is 9.39. The second-order valence-corrected chi connectivity index (χ2v) is 13.5. The van der Waals surface area contributed by atoms with Gasteiger partial charge in [0.15, 0.2) is 0 Å². The standard InChI is InChI=1S/C37H55N5O7/c1-25-22-42(26(2)24-43)35(44)32-21-30(39-36(45)38-29-14-17-31(47-5)18-15-29)16-19-33(32)49-27(3)11-9-10-20-48-34(25)23-41(4)37(46)40-28-12-7-6-8-13-28/h14-19,21,25-28,34,43H,6-13,20,22-24H2,1-5H3,(H,40,46)(H2,38,39,45)/t25-,26-,27+,34-/m1/s1. The summed E-state index contributed by atoms with van der Waals surface area (Å²) >= 11 is 0. The minimum absolute atomic E-state index is 0.116. The molecule has 2 aromatic carbocycles. The summed E-state index contributed by atoms with van der Waals surface area (Å²) < 4.78 is 17.9. The second kappa shape index (κ2) is 18.7. The van der Waals surface area contributed by atoms with Crippen LogP contribution in [0.4, 0.5) is 21.0 Å². The van der Waals surface area contributed by atoms with E-state index in [9.17, 15) is 19.5 Å². The lowest BCUT2D eigenvalue weighted by molar-refractivity contribution is -0.0123. The number of carbonyl (C=O) groups excluding carboxylic acids is 3. The van der Waals surface area contributed by atoms with Crippen molar-refractivity contribution < 1.29 is 33.7 Å². The molecule has 5 amide bonds. The number of aliphatic hydroxyl groups is 1. The Balaban J connectivity index is 1.55. The molecule has 2 aliphatic rings. The summed E-state index contributed by atoms with van der Waals surface area (Å²) in [6.45, 7) is 6.68. The van der Waals surface area contributed by atoms with Crippen LogP contribution in [0.1, 0.15) is 82.5 Å². The zero-order valence-electron chi connectivity index (χ0n) is 29.7. The number of hydrogen-bond donors (Lipinski definition) is 4. The molecular weight excluding hydrogens is 626 g/mol. The largest absolute Gasteiger partial charge is 0.497 e. The number of ether oxygens (including phenoxy) is 3. The molecule has 4 rings (SSSR count). The Hall–Kier alpha value is -4.03. The average Bonchev–Trinajstić information content (AvgIpc) is 3.10. The number of rotatable bonds is 8. The summed E-state index contributed by atoms with van der Waals surface area (Å²) in [5.74, 6) is 0.566. The predicted octanol–water partition coefficient (Wildman–Crippen LogP) is 6.11. The Morgan fingerprint density at radius 2 is 1.67 bits per heavy atom. The Morgan fingerprint density at radius 1 is 1.00 bits per heavy atom. The van der Waals surface area contributed by atoms with Gasteiger partial charge in [0.1, 0.15) is 11.5 Å². The number of urea groups is 2. The van der Waals surface area contributed by atoms with Crippen LogP contribution in [-0.2, 0) is 4.74 Å². The summed E-state index contributed by atoms with van der Waals surface area (Å²) in [5, 5.41) is 19.0. The van der Waals surface area contributed by atoms with Gasteiger partial charge < -0.3 is 45.1 Å². The fourth-order valence-electron chi connectivity index (χ4n) is 6.32. The molecule has 4 atom stereocenters. The van der Waals surface area contributed by atoms with Gasteiger partial charge in [0.05, 0.1) is 37.5 Å². The molecule has 0 radical (unpaired) electrons. The molecule has 12 heteroatoms. The minimum atomic E-state index is -0.518. The number of anilines is 2. The Kier molecular flexibility index (Phi) is 14.4. The number of amides is 5. The van der Waals surface area contributed by atoms with Crippen molar-refractivity contribution in [3.63, 3.8) is 0 Å². The number of fused-ring (bicyclic) bond motifs is 1. The first-order valence-electron chi connectivity index (χ1n) is 17.7. The molecule has 12 nitrogen and oxygen atoms in total. The molecule has 1 heterocycles. The maximum atomic E-state index is 14.4. The highest BCUT2D eigenvalue weighted by Gasteiger charge is 2.31. The molecule has 0 unspecified atom stereocenters. The highest BCUT2D eigenvalue weighted by Crippen LogP contribution is 2.29. The van der Waals surface area contributed by atoms with Crippen LogP contribution in [0.2, 0.25) is 0 Å². The fourth-order valence-corrected chi connectivity index (χ4v) is 6.32. The summed E-state index contributed by atoms with van der Waals surface area (Å²) in [6, 6.07) is 11.1. The first-order chi connectivity index (χ1) is 23.6. The second-order valence-electron chi connectivity index (χ2n) is 13.5. The van der Waals surface area contributed by atoms with E-state index in [1.54, 1.807) is 73.3 Å². The molecule has 0 spiro atoms. The van der Waals surface area contributed by atoms with Crippen LogP contribution in [-0.4, -0.2) is 97.6 Å². The topological polar surface area (TPSA) is 142 Å². The first kappa shape index (κ1) is 37.8. The van der Waals surface area contributed by atoms with E-state index in [2.05, 4.69) is 16.0 Å². The molecule has 1 aliphatic carbocycles. The van der Waals surface area contributed by atoms with E-state index in [-0.39, 0.29) is 54.8 Å². The van der Waals surface area contributed by atoms with Crippen LogP contribution in [0.15, 0.2) is 42.5 Å². The molecule has 270 valence electrons. The molecule has 0 bridgehead atoms. The minimum Gasteiger partial charge on any atom is -0.497 e. The normalized spacial score (nSPS) is 21.7. The van der Waals surface area contributed by atoms with Crippen LogP contribution >= 0.6 is 0 Å². The van der Waals surface area contributed by atoms with E-state index >= 15 is 0 Å². The van der Waals surface area contributed by atoms with Crippen LogP contribution in [0.25, 0.3) is 0 Å². The van der Waals surface area contributed by atoms with Gasteiger partial charge in [-0.25, -0.2) is 9.59 Å². The van der Waals surface area contributed by atoms with Crippen LogP contribution in [0.3, 0.4) is 0 Å². The number of hydrogen-bond acceptors (Lipinski definition) is 7. The Bertz CT molecular complexity index is 1370. The maximum absolute atomic E-state index is 14.4. The maximum Gasteiger partial charge on any atom is 0.323 e. The van der Waals surface area contributed by atoms with Gasteiger partial charge in [-0.2, -0.15) is 0 Å². The smallest absolute Gasteiger partial charge is 0.323 e. The van der Waals surface area contributed by atoms with Gasteiger partial charge in [-0.15, -0.1) is 0 Å². The van der Waals surface area contributed by atoms with Crippen molar-refractivity contribution in [1.29, 1.82) is 0 Å². The molecule has 1 fully saturated rings. The van der Waals surface area contributed by atoms with Gasteiger partial charge in [-0.1, -0.05) is 26.2 Å². The van der Waals surface area contributed by atoms with E-state index in [1.165, 1.54) is 6.42 Å². The van der Waals surface area contributed by atoms with Gasteiger partial charge in [0.2, 0.25) is 0 Å². The number of nitrogens with one attached hydrogen (secondary N) is 3. The summed E-state index contributed by atoms with van der Waals surface area (Å²) in [6.07, 6.45) is 7.39. The molecule has 1 aliphatic heterocycles. The van der Waals surface area contributed by atoms with E-state index in [0.29, 0.717) is 36.0 Å². The Labute approximate surface area is 290 Å². The van der Waals surface area contributed by atoms with Crippen molar-refractivity contribution in [2.75, 3.05) is 51.1 Å². The monoisotopic (exact) mass is 681 g/mol. The van der Waals surface area contributed by atoms with Gasteiger partial charge in [0, 0.05) is 50.1 Å². The molecule has 49 heavy (non-hydrogen) atoms. The fraction of sp³-hybridized carbons (Fsp3) is 0.595. The number of methoxy groups -OCH3 is 1. The van der Waals surface area contributed by atoms with Crippen molar-refractivity contribution in [3.8, 4) is 11.5 Å². The summed E-state index contributed by atoms with van der Waals surface area (Å²) in [4.78, 5) is 43.7. The average molecular weight is 682 g/mol. The van der Waals surface area contributed by atoms with Gasteiger partial charge in [0.25, 0.3) is 5.91 Å². The van der Waals surface area contributed by atoms with Crippen LogP contribution in [0.5, 0.6) is 11.5 Å². The van der Waals surface area contributed by atoms with E-state index in [0.717, 1.165) is 44.9 Å². The lowest BCUT2D eigenvalue weighted by Crippen LogP contribution is -2.50. The van der Waals surface area contributed by atoms with Gasteiger partial charge in [-0.3, -0.25) is 4.79 Å². The number of likely N-dealkylation sites (N-methyl/N-ethyl adjacent to an activating group) is 1. The molecule has 1 saturated carbocycles. The SMILES string of the molecule is COc1ccc(NC(=O)Nc2ccc3c(c2)C(=O)N([C@H](C)CO)C[C@@H](C)[C@@H](CN(C)C(=O)NC2CCCCC2)OCCCC[C@H](C)O3)cc1. The van der Waals surface area contributed by atoms with Crippen molar-refractivity contribution >= 4 is 29.3 Å². The highest BCUT2D eigenvalue weighted by molar-refractivity contribution is 6.02. The van der Waals surface area contributed by atoms with E-state index < -0.39 is 12.1 Å². The number of nitrogens with zero attached hydrogens (tertiary/aromatic N) is 2. The number of carbonyl (C=O) groups is 3. The van der Waals surface area contributed by atoms with Crippen LogP contribution in [0, 0.1) is 5.92 Å². The number of benzene rings is 2. The molecule has 0 aromatic heterocycles. The third kappa shape index (κ3) is 11.3. The summed E-state index contributed by atoms with van der Waals surface area (Å²) in [5.41, 5.74) is 1.27. The van der Waals surface area contributed by atoms with E-state index in [4.69, 9.17) is 14.2 Å². The van der Waals surface area contributed by atoms with Crippen LogP contribution < -0.4 is 25.4 Å². The lowest BCUT2D eigenvalue weighted by Gasteiger charge is -2.36. The Morgan fingerprint density at radius 3 is 2.37 bits per heavy atom. The number of aliphatic hydroxyl groups excluding tert-OH is 1. The van der Waals surface area contributed by atoms with Crippen molar-refractivity contribution in [2.45, 2.75) is 96.4 Å². The van der Waals surface area contributed by atoms with E-state index in [1.807, 2.05) is 13.8 Å². The zero-order chi connectivity index (χ0) is 35.3. The molecule has 0 saturated heterocycles. The van der Waals surface area contributed by atoms with Gasteiger partial charge >= 0.3 is 12.1 Å². The van der Waals surface area contributed by atoms with Crippen molar-refractivity contribution in [3.05, 3.63) is 48.0 Å². The van der Waals surface area contributed by atoms with Gasteiger partial charge in [-0.05, 0) is 88.4 Å². The van der Waals surface area contributed by atoms with Crippen molar-refractivity contribution in [1.82, 2.24) is 15.1 Å². The molecule has 2 aromatic rings. The van der Waals surface area contributed by atoms with Crippen molar-refractivity contribution in [2.24, 2.45) is 5.92 Å². The third-order valence-corrected chi connectivity index (χ3v) is 9.39. The summed E-state index contributed by atoms with van der Waals surface area (Å²) in [7, 11) is 3.36. The first-order valence-corrected chi connectivity index (χ1v) is 17.7. The lowest BCUT2D eigenvalue weighted by atomic mass is 9.96. The molecular formula is C37H55N5O7.